The number of hydrogen-bond donors (Lipinski definition) is 2. The third-order valence-electron chi connectivity index (χ3n) is 6.35. The number of para-hydroxylation sites is 2. The van der Waals surface area contributed by atoms with Gasteiger partial charge in [-0.3, -0.25) is 0 Å². The molecule has 2 N–H and O–H groups in total. The van der Waals surface area contributed by atoms with Crippen molar-refractivity contribution in [1.82, 2.24) is 4.57 Å². The van der Waals surface area contributed by atoms with E-state index in [0.29, 0.717) is 19.6 Å². The van der Waals surface area contributed by atoms with Crippen LogP contribution in [0.15, 0.2) is 66.7 Å². The van der Waals surface area contributed by atoms with Crippen LogP contribution in [-0.4, -0.2) is 40.1 Å². The predicted octanol–water partition coefficient (Wildman–Crippen LogP) is 5.65. The van der Waals surface area contributed by atoms with E-state index in [2.05, 4.69) is 6.07 Å². The second-order valence-electron chi connectivity index (χ2n) is 9.21. The number of fused-ring (bicyclic) bond motifs is 3. The topological polar surface area (TPSA) is 80.9 Å². The Balaban J connectivity index is 1.25. The van der Waals surface area contributed by atoms with E-state index in [0.717, 1.165) is 71.0 Å². The molecule has 4 aromatic rings. The Morgan fingerprint density at radius 3 is 2.36 bits per heavy atom. The van der Waals surface area contributed by atoms with Gasteiger partial charge >= 0.3 is 0 Å². The van der Waals surface area contributed by atoms with Crippen LogP contribution in [0.3, 0.4) is 0 Å². The van der Waals surface area contributed by atoms with Gasteiger partial charge in [0.15, 0.2) is 6.29 Å². The lowest BCUT2D eigenvalue weighted by molar-refractivity contribution is -0.117. The number of aliphatic hydroxyl groups excluding tert-OH is 1. The number of ketones is 1. The first-order valence-electron chi connectivity index (χ1n) is 12.7. The molecule has 190 valence electrons. The molecule has 0 aliphatic rings. The maximum absolute atomic E-state index is 11.2. The van der Waals surface area contributed by atoms with Crippen molar-refractivity contribution in [3.05, 3.63) is 72.3 Å². The molecule has 6 nitrogen and oxygen atoms in total. The maximum Gasteiger partial charge on any atom is 0.169 e. The van der Waals surface area contributed by atoms with Gasteiger partial charge in [0.05, 0.1) is 25.3 Å². The second kappa shape index (κ2) is 12.6. The molecular weight excluding hydrogens is 454 g/mol. The van der Waals surface area contributed by atoms with Crippen molar-refractivity contribution in [2.24, 2.45) is 0 Å². The molecule has 36 heavy (non-hydrogen) atoms. The highest BCUT2D eigenvalue weighted by atomic mass is 16.5. The number of unbranched alkanes of at least 4 members (excludes halogenated alkanes) is 2. The number of aromatic nitrogens is 1. The van der Waals surface area contributed by atoms with Gasteiger partial charge in [-0.25, -0.2) is 0 Å². The van der Waals surface area contributed by atoms with Gasteiger partial charge in [0, 0.05) is 28.8 Å². The van der Waals surface area contributed by atoms with Crippen LogP contribution in [-0.2, 0) is 17.8 Å². The highest BCUT2D eigenvalue weighted by Crippen LogP contribution is 2.32. The second-order valence-corrected chi connectivity index (χ2v) is 9.21. The van der Waals surface area contributed by atoms with Crippen LogP contribution < -0.4 is 9.47 Å². The van der Waals surface area contributed by atoms with E-state index in [9.17, 15) is 15.0 Å². The molecule has 0 saturated heterocycles. The molecule has 1 heterocycles. The third kappa shape index (κ3) is 6.65. The zero-order valence-electron chi connectivity index (χ0n) is 20.9. The molecule has 0 fully saturated rings. The Labute approximate surface area is 212 Å². The number of aliphatic hydroxyl groups is 2. The molecule has 0 unspecified atom stereocenters. The molecule has 6 heteroatoms. The van der Waals surface area contributed by atoms with Crippen molar-refractivity contribution in [2.45, 2.75) is 58.3 Å². The first kappa shape index (κ1) is 25.7. The number of nitrogens with zero attached hydrogens (tertiary/aromatic N) is 1. The lowest BCUT2D eigenvalue weighted by Crippen LogP contribution is -2.14. The van der Waals surface area contributed by atoms with Crippen molar-refractivity contribution < 1.29 is 24.5 Å². The Kier molecular flexibility index (Phi) is 8.98. The van der Waals surface area contributed by atoms with E-state index in [1.54, 1.807) is 6.92 Å². The van der Waals surface area contributed by atoms with Gasteiger partial charge in [0.2, 0.25) is 0 Å². The normalized spacial score (nSPS) is 11.4. The van der Waals surface area contributed by atoms with E-state index in [1.807, 2.05) is 65.2 Å². The van der Waals surface area contributed by atoms with Gasteiger partial charge in [-0.2, -0.15) is 0 Å². The average Bonchev–Trinajstić information content (AvgIpc) is 3.16. The molecular formula is C30H35NO5. The summed E-state index contributed by atoms with van der Waals surface area (Å²) in [6.07, 6.45) is 3.72. The Bertz CT molecular complexity index is 1290. The summed E-state index contributed by atoms with van der Waals surface area (Å²) in [4.78, 5) is 11.2. The lowest BCUT2D eigenvalue weighted by atomic mass is 10.1. The van der Waals surface area contributed by atoms with E-state index >= 15 is 0 Å². The molecule has 0 spiro atoms. The van der Waals surface area contributed by atoms with Crippen LogP contribution in [0.2, 0.25) is 0 Å². The number of carbonyl (C=O) groups excluding carboxylic acids is 1. The standard InChI is InChI=1S/C30H35NO5/c1-22(32)10-9-12-23-11-3-6-15-29(23)36-19-8-2-7-18-35-24-16-17-26-25-13-4-5-14-27(25)31(21-30(33)34)28(26)20-24/h3-6,11,13-17,20,30,33-34H,2,7-10,12,18-19,21H2,1H3. The van der Waals surface area contributed by atoms with Crippen LogP contribution in [0, 0.1) is 0 Å². The van der Waals surface area contributed by atoms with Gasteiger partial charge in [-0.05, 0) is 68.9 Å². The smallest absolute Gasteiger partial charge is 0.169 e. The zero-order valence-corrected chi connectivity index (χ0v) is 20.9. The summed E-state index contributed by atoms with van der Waals surface area (Å²) in [5.41, 5.74) is 3.05. The minimum Gasteiger partial charge on any atom is -0.494 e. The van der Waals surface area contributed by atoms with Crippen LogP contribution in [0.25, 0.3) is 21.8 Å². The molecule has 0 aliphatic heterocycles. The van der Waals surface area contributed by atoms with Crippen LogP contribution in [0.1, 0.15) is 44.6 Å². The lowest BCUT2D eigenvalue weighted by Gasteiger charge is -2.12. The molecule has 0 atom stereocenters. The summed E-state index contributed by atoms with van der Waals surface area (Å²) in [6, 6.07) is 22.0. The Hall–Kier alpha value is -3.35. The molecule has 4 rings (SSSR count). The fourth-order valence-electron chi connectivity index (χ4n) is 4.61. The van der Waals surface area contributed by atoms with Gasteiger partial charge in [0.1, 0.15) is 17.3 Å². The quantitative estimate of drug-likeness (QED) is 0.177. The van der Waals surface area contributed by atoms with E-state index < -0.39 is 6.29 Å². The number of ether oxygens (including phenoxy) is 2. The average molecular weight is 490 g/mol. The molecule has 0 saturated carbocycles. The summed E-state index contributed by atoms with van der Waals surface area (Å²) in [5, 5.41) is 21.3. The summed E-state index contributed by atoms with van der Waals surface area (Å²) in [5.74, 6) is 1.91. The third-order valence-corrected chi connectivity index (χ3v) is 6.35. The van der Waals surface area contributed by atoms with Gasteiger partial charge in [-0.1, -0.05) is 36.4 Å². The maximum atomic E-state index is 11.2. The summed E-state index contributed by atoms with van der Waals surface area (Å²) >= 11 is 0. The number of benzene rings is 3. The minimum atomic E-state index is -1.43. The van der Waals surface area contributed by atoms with E-state index in [-0.39, 0.29) is 12.3 Å². The first-order valence-corrected chi connectivity index (χ1v) is 12.7. The Morgan fingerprint density at radius 2 is 1.56 bits per heavy atom. The highest BCUT2D eigenvalue weighted by molar-refractivity contribution is 6.08. The fraction of sp³-hybridized carbons (Fsp3) is 0.367. The number of hydrogen-bond acceptors (Lipinski definition) is 5. The molecule has 0 amide bonds. The number of rotatable bonds is 14. The van der Waals surface area contributed by atoms with Crippen molar-refractivity contribution in [1.29, 1.82) is 0 Å². The summed E-state index contributed by atoms with van der Waals surface area (Å²) < 4.78 is 14.0. The summed E-state index contributed by atoms with van der Waals surface area (Å²) in [6.45, 7) is 3.00. The fourth-order valence-corrected chi connectivity index (χ4v) is 4.61. The SMILES string of the molecule is CC(=O)CCCc1ccccc1OCCCCCOc1ccc2c3ccccc3n(CC(O)O)c2c1. The molecule has 0 bridgehead atoms. The summed E-state index contributed by atoms with van der Waals surface area (Å²) in [7, 11) is 0. The number of carbonyl (C=O) groups is 1. The van der Waals surface area contributed by atoms with Crippen molar-refractivity contribution in [3.63, 3.8) is 0 Å². The monoisotopic (exact) mass is 489 g/mol. The van der Waals surface area contributed by atoms with Crippen molar-refractivity contribution in [2.75, 3.05) is 13.2 Å². The molecule has 0 radical (unpaired) electrons. The minimum absolute atomic E-state index is 0.104. The van der Waals surface area contributed by atoms with Crippen molar-refractivity contribution >= 4 is 27.6 Å². The molecule has 0 aliphatic carbocycles. The number of aryl methyl sites for hydroxylation is 1. The highest BCUT2D eigenvalue weighted by Gasteiger charge is 2.13. The van der Waals surface area contributed by atoms with Crippen LogP contribution >= 0.6 is 0 Å². The number of Topliss-reactive ketones (excluding diaryl/α,β-unsaturated/α-hetero) is 1. The van der Waals surface area contributed by atoms with Gasteiger partial charge in [0.25, 0.3) is 0 Å². The zero-order chi connectivity index (χ0) is 25.3. The molecule has 1 aromatic heterocycles. The first-order chi connectivity index (χ1) is 17.5. The predicted molar refractivity (Wildman–Crippen MR) is 143 cm³/mol. The Morgan fingerprint density at radius 1 is 0.833 bits per heavy atom. The molecule has 3 aromatic carbocycles. The van der Waals surface area contributed by atoms with Crippen LogP contribution in [0.4, 0.5) is 0 Å². The van der Waals surface area contributed by atoms with E-state index in [1.165, 1.54) is 0 Å². The largest absolute Gasteiger partial charge is 0.494 e. The van der Waals surface area contributed by atoms with Gasteiger partial charge in [-0.15, -0.1) is 0 Å². The van der Waals surface area contributed by atoms with E-state index in [4.69, 9.17) is 9.47 Å². The van der Waals surface area contributed by atoms with Crippen molar-refractivity contribution in [3.8, 4) is 11.5 Å². The van der Waals surface area contributed by atoms with Crippen LogP contribution in [0.5, 0.6) is 11.5 Å². The van der Waals surface area contributed by atoms with Gasteiger partial charge < -0.3 is 29.0 Å².